The Hall–Kier alpha value is 3.20. The summed E-state index contributed by atoms with van der Waals surface area (Å²) in [6.07, 6.45) is 0. The van der Waals surface area contributed by atoms with E-state index in [2.05, 4.69) is 0 Å². The zero-order valence-electron chi connectivity index (χ0n) is 11.7. The van der Waals surface area contributed by atoms with Gasteiger partial charge in [0.2, 0.25) is 0 Å². The minimum absolute atomic E-state index is 0. The van der Waals surface area contributed by atoms with Crippen LogP contribution >= 0.6 is 0 Å². The molecule has 1 radical (unpaired) electrons. The molecule has 0 atom stereocenters. The van der Waals surface area contributed by atoms with Crippen LogP contribution in [0.4, 0.5) is 0 Å². The van der Waals surface area contributed by atoms with Gasteiger partial charge in [-0.2, -0.15) is 0 Å². The predicted octanol–water partition coefficient (Wildman–Crippen LogP) is -11.6. The standard InChI is InChI=1S/6CN.Fe.4K.NO3/c6*1-2;;;;;;2-1(3)4/q6*-1;+3;4*+1;-1. The first kappa shape index (κ1) is 87.5. The molecule has 0 N–H and O–H groups in total. The van der Waals surface area contributed by atoms with Gasteiger partial charge >= 0.3 is 223 Å². The summed E-state index contributed by atoms with van der Waals surface area (Å²) in [4.78, 5) is 8.25. The van der Waals surface area contributed by atoms with Gasteiger partial charge in [-0.05, 0) is 0 Å². The average Bonchev–Trinajstić information content (AvgIpc) is 2.42. The van der Waals surface area contributed by atoms with Crippen molar-refractivity contribution in [2.24, 2.45) is 0 Å². The van der Waals surface area contributed by atoms with E-state index in [0.29, 0.717) is 0 Å². The van der Waals surface area contributed by atoms with Crippen LogP contribution in [0.5, 0.6) is 0 Å². The van der Waals surface area contributed by atoms with Crippen LogP contribution < -0.4 is 206 Å². The molecule has 0 aromatic heterocycles. The second-order valence-electron chi connectivity index (χ2n) is 0.224. The van der Waals surface area contributed by atoms with E-state index in [9.17, 15) is 0 Å². The van der Waals surface area contributed by atoms with Crippen molar-refractivity contribution in [2.75, 3.05) is 0 Å². The van der Waals surface area contributed by atoms with Crippen LogP contribution in [0.2, 0.25) is 0 Å². The molecule has 0 amide bonds. The van der Waals surface area contributed by atoms with E-state index < -0.39 is 5.09 Å². The molecule has 10 nitrogen and oxygen atoms in total. The Morgan fingerprint density at radius 3 is 0.524 bits per heavy atom. The van der Waals surface area contributed by atoms with Crippen molar-refractivity contribution >= 4 is 0 Å². The summed E-state index contributed by atoms with van der Waals surface area (Å²) in [5.74, 6) is 0. The van der Waals surface area contributed by atoms with Crippen molar-refractivity contribution in [1.82, 2.24) is 0 Å². The van der Waals surface area contributed by atoms with Crippen LogP contribution in [0.15, 0.2) is 0 Å². The molecule has 0 saturated carbocycles. The molecule has 0 aromatic rings. The summed E-state index contributed by atoms with van der Waals surface area (Å²) in [7, 11) is 0. The molecule has 0 saturated heterocycles. The Morgan fingerprint density at radius 2 is 0.524 bits per heavy atom. The Bertz CT molecular complexity index is 181. The quantitative estimate of drug-likeness (QED) is 0.154. The fraction of sp³-hybridized carbons (Fsp3) is 0. The second-order valence-corrected chi connectivity index (χ2v) is 0.224. The first-order valence-corrected chi connectivity index (χ1v) is 1.89. The molecular formula is C6FeK4N7O3. The third-order valence-corrected chi connectivity index (χ3v) is 0. The van der Waals surface area contributed by atoms with Crippen molar-refractivity contribution in [1.29, 1.82) is 31.6 Å². The van der Waals surface area contributed by atoms with E-state index in [0.717, 1.165) is 0 Å². The van der Waals surface area contributed by atoms with Gasteiger partial charge in [0.05, 0.1) is 5.09 Å². The van der Waals surface area contributed by atoms with Crippen molar-refractivity contribution in [3.05, 3.63) is 54.8 Å². The van der Waals surface area contributed by atoms with Crippen molar-refractivity contribution in [3.8, 4) is 0 Å². The molecular weight excluding hydrogens is 430 g/mol. The Morgan fingerprint density at radius 1 is 0.524 bits per heavy atom. The van der Waals surface area contributed by atoms with Gasteiger partial charge in [-0.25, -0.2) is 0 Å². The minimum atomic E-state index is -1.75. The van der Waals surface area contributed by atoms with E-state index in [1.165, 1.54) is 0 Å². The van der Waals surface area contributed by atoms with Crippen LogP contribution in [0.1, 0.15) is 0 Å². The van der Waals surface area contributed by atoms with Gasteiger partial charge in [0.15, 0.2) is 0 Å². The van der Waals surface area contributed by atoms with E-state index in [-0.39, 0.29) is 223 Å². The summed E-state index contributed by atoms with van der Waals surface area (Å²) in [6.45, 7) is 28.5. The number of hydrogen-bond donors (Lipinski definition) is 0. The van der Waals surface area contributed by atoms with Gasteiger partial charge in [0.25, 0.3) is 0 Å². The van der Waals surface area contributed by atoms with E-state index >= 15 is 0 Å². The molecule has 0 bridgehead atoms. The molecule has 15 heteroatoms. The maximum absolute atomic E-state index is 8.25. The Kier molecular flexibility index (Phi) is 1240. The van der Waals surface area contributed by atoms with Crippen molar-refractivity contribution in [2.45, 2.75) is 0 Å². The summed E-state index contributed by atoms with van der Waals surface area (Å²) in [5.41, 5.74) is 0. The molecule has 0 aliphatic carbocycles. The summed E-state index contributed by atoms with van der Waals surface area (Å²) < 4.78 is 0. The molecule has 0 aliphatic heterocycles. The summed E-state index contributed by atoms with van der Waals surface area (Å²) >= 11 is 0. The van der Waals surface area contributed by atoms with Gasteiger partial charge in [-0.1, -0.05) is 0 Å². The van der Waals surface area contributed by atoms with Crippen LogP contribution in [-0.2, 0) is 17.1 Å². The van der Waals surface area contributed by atoms with E-state index in [4.69, 9.17) is 86.3 Å². The second kappa shape index (κ2) is 297. The first-order valence-electron chi connectivity index (χ1n) is 1.89. The third-order valence-electron chi connectivity index (χ3n) is 0. The average molecular weight is 430 g/mol. The molecule has 89 valence electrons. The van der Waals surface area contributed by atoms with Gasteiger partial charge in [-0.3, -0.25) is 0 Å². The molecule has 0 unspecified atom stereocenters. The SMILES string of the molecule is O=[N+]([O-])[O-].[C-]#N.[C-]#N.[C-]#N.[C-]#N.[C-]#N.[C-]#N.[Fe+3].[K+].[K+].[K+].[K+]. The molecule has 0 fully saturated rings. The zero-order chi connectivity index (χ0) is 15.6. The molecule has 0 aromatic carbocycles. The van der Waals surface area contributed by atoms with Gasteiger partial charge in [-0.15, -0.1) is 0 Å². The smallest absolute Gasteiger partial charge is 0.512 e. The predicted molar refractivity (Wildman–Crippen MR) is 40.2 cm³/mol. The van der Waals surface area contributed by atoms with Crippen molar-refractivity contribution < 1.29 is 228 Å². The fourth-order valence-corrected chi connectivity index (χ4v) is 0. The van der Waals surface area contributed by atoms with E-state index in [1.807, 2.05) is 0 Å². The fourth-order valence-electron chi connectivity index (χ4n) is 0. The van der Waals surface area contributed by atoms with Crippen molar-refractivity contribution in [3.63, 3.8) is 0 Å². The maximum Gasteiger partial charge on any atom is 3.00 e. The van der Waals surface area contributed by atoms with Crippen LogP contribution in [0.25, 0.3) is 0 Å². The monoisotopic (exact) mass is 430 g/mol. The molecule has 0 aliphatic rings. The minimum Gasteiger partial charge on any atom is -0.512 e. The van der Waals surface area contributed by atoms with Crippen LogP contribution in [-0.4, -0.2) is 5.09 Å². The van der Waals surface area contributed by atoms with Crippen LogP contribution in [0.3, 0.4) is 0 Å². The van der Waals surface area contributed by atoms with Crippen LogP contribution in [0, 0.1) is 86.3 Å². The molecule has 0 heterocycles. The number of nitrogens with zero attached hydrogens (tertiary/aromatic N) is 7. The Labute approximate surface area is 305 Å². The third kappa shape index (κ3) is 1020. The normalized spacial score (nSPS) is 1.71. The molecule has 0 spiro atoms. The number of rotatable bonds is 0. The molecule has 21 heavy (non-hydrogen) atoms. The molecule has 0 rings (SSSR count). The summed E-state index contributed by atoms with van der Waals surface area (Å²) in [6, 6.07) is 0. The first-order chi connectivity index (χ1) is 7.73. The maximum atomic E-state index is 8.25. The Balaban J connectivity index is -0.00000000443. The van der Waals surface area contributed by atoms with Gasteiger partial charge in [0.1, 0.15) is 0 Å². The summed E-state index contributed by atoms with van der Waals surface area (Å²) in [5, 5.41) is 52.2. The van der Waals surface area contributed by atoms with Gasteiger partial charge < -0.3 is 86.3 Å². The largest absolute Gasteiger partial charge is 3.00 e. The zero-order valence-corrected chi connectivity index (χ0v) is 25.3. The topological polar surface area (TPSA) is 209 Å². The van der Waals surface area contributed by atoms with E-state index in [1.54, 1.807) is 0 Å². The van der Waals surface area contributed by atoms with Gasteiger partial charge in [0, 0.05) is 0 Å². The number of hydrogen-bond acceptors (Lipinski definition) is 9.